The number of aliphatic hydroxyl groups excluding tert-OH is 1. The van der Waals surface area contributed by atoms with Gasteiger partial charge in [-0.15, -0.1) is 0 Å². The average molecular weight is 645 g/mol. The molecule has 2 fully saturated rings. The molecule has 14 heteroatoms. The summed E-state index contributed by atoms with van der Waals surface area (Å²) in [6, 6.07) is 13.9. The van der Waals surface area contributed by atoms with Crippen molar-refractivity contribution in [2.24, 2.45) is 11.3 Å². The lowest BCUT2D eigenvalue weighted by molar-refractivity contribution is -0.385. The van der Waals surface area contributed by atoms with Gasteiger partial charge in [-0.25, -0.2) is 13.2 Å². The van der Waals surface area contributed by atoms with Crippen LogP contribution in [0.5, 0.6) is 0 Å². The summed E-state index contributed by atoms with van der Waals surface area (Å²) in [6.45, 7) is 3.79. The summed E-state index contributed by atoms with van der Waals surface area (Å²) in [5.74, 6) is -0.482. The zero-order valence-electron chi connectivity index (χ0n) is 25.3. The number of benzene rings is 2. The molecule has 0 radical (unpaired) electrons. The molecule has 1 amide bonds. The van der Waals surface area contributed by atoms with E-state index >= 15 is 0 Å². The molecule has 0 aromatic heterocycles. The lowest BCUT2D eigenvalue weighted by atomic mass is 9.86. The summed E-state index contributed by atoms with van der Waals surface area (Å²) < 4.78 is 40.8. The molecular formula is C31H40N4O9S. The van der Waals surface area contributed by atoms with Crippen molar-refractivity contribution in [1.29, 1.82) is 5.26 Å². The number of fused-ring (bicyclic) bond motifs is 1. The van der Waals surface area contributed by atoms with Gasteiger partial charge in [0, 0.05) is 36.9 Å². The molecule has 2 heterocycles. The van der Waals surface area contributed by atoms with E-state index in [1.807, 2.05) is 6.07 Å². The van der Waals surface area contributed by atoms with E-state index in [0.717, 1.165) is 11.6 Å². The molecule has 45 heavy (non-hydrogen) atoms. The zero-order chi connectivity index (χ0) is 32.8. The van der Waals surface area contributed by atoms with Crippen LogP contribution in [0.15, 0.2) is 53.4 Å². The van der Waals surface area contributed by atoms with Crippen molar-refractivity contribution in [3.63, 3.8) is 0 Å². The number of non-ortho nitro benzene ring substituents is 1. The molecule has 2 aliphatic heterocycles. The molecule has 2 aliphatic rings. The van der Waals surface area contributed by atoms with Crippen molar-refractivity contribution in [3.8, 4) is 6.07 Å². The van der Waals surface area contributed by atoms with E-state index in [9.17, 15) is 33.5 Å². The molecule has 4 N–H and O–H groups in total. The Morgan fingerprint density at radius 1 is 1.22 bits per heavy atom. The van der Waals surface area contributed by atoms with E-state index < -0.39 is 50.1 Å². The topological polar surface area (TPSA) is 201 Å². The molecule has 13 nitrogen and oxygen atoms in total. The number of nitro groups is 1. The Morgan fingerprint density at radius 2 is 1.96 bits per heavy atom. The summed E-state index contributed by atoms with van der Waals surface area (Å²) in [4.78, 5) is 22.5. The standard InChI is InChI=1S/C31H40N4O9S/c1-31(2,13-6-7-14-32)29(33-18-26(36)25(34-30(37)38)16-20-8-4-3-5-9-20)45(41,42)27-17-21(35(39)40)10-11-22(27)24-19-44-28-23(24)12-15-43-28/h3-5,8-11,17,23-26,28-29,33-34,36H,6-7,12-13,15-16,18-19H2,1-2H3,(H,37,38)/t23-,24-,25-,26+,28+,29?/m0/s1. The highest BCUT2D eigenvalue weighted by Crippen LogP contribution is 2.45. The SMILES string of the molecule is CC(C)(CCCC#N)C(NC[C@@H](O)[C@H](Cc1ccccc1)NC(=O)O)S(=O)(=O)c1cc([N+](=O)[O-])ccc1[C@@H]1CO[C@H]2OCC[C@H]21. The highest BCUT2D eigenvalue weighted by Gasteiger charge is 2.47. The number of nitrogens with one attached hydrogen (secondary N) is 2. The fraction of sp³-hybridized carbons (Fsp3) is 0.548. The highest BCUT2D eigenvalue weighted by atomic mass is 32.2. The minimum atomic E-state index is -4.39. The normalized spacial score (nSPS) is 21.8. The summed E-state index contributed by atoms with van der Waals surface area (Å²) in [5, 5.41) is 45.5. The van der Waals surface area contributed by atoms with Gasteiger partial charge in [-0.3, -0.25) is 15.4 Å². The number of nitriles is 1. The van der Waals surface area contributed by atoms with Crippen molar-refractivity contribution in [3.05, 3.63) is 69.8 Å². The number of rotatable bonds is 15. The molecular weight excluding hydrogens is 604 g/mol. The quantitative estimate of drug-likeness (QED) is 0.125. The van der Waals surface area contributed by atoms with Crippen molar-refractivity contribution >= 4 is 21.6 Å². The number of aliphatic hydroxyl groups is 1. The monoisotopic (exact) mass is 644 g/mol. The molecule has 0 aliphatic carbocycles. The Bertz CT molecular complexity index is 1500. The van der Waals surface area contributed by atoms with Gasteiger partial charge < -0.3 is 25.0 Å². The Morgan fingerprint density at radius 3 is 2.62 bits per heavy atom. The molecule has 0 saturated carbocycles. The van der Waals surface area contributed by atoms with E-state index in [4.69, 9.17) is 14.7 Å². The summed E-state index contributed by atoms with van der Waals surface area (Å²) in [7, 11) is -4.39. The molecule has 2 aromatic rings. The fourth-order valence-electron chi connectivity index (χ4n) is 6.34. The molecule has 0 bridgehead atoms. The second kappa shape index (κ2) is 14.7. The number of hydrogen-bond acceptors (Lipinski definition) is 10. The number of sulfone groups is 1. The molecule has 2 saturated heterocycles. The average Bonchev–Trinajstić information content (AvgIpc) is 3.61. The number of unbranched alkanes of at least 4 members (excludes halogenated alkanes) is 1. The lowest BCUT2D eigenvalue weighted by Crippen LogP contribution is -2.54. The predicted molar refractivity (Wildman–Crippen MR) is 163 cm³/mol. The van der Waals surface area contributed by atoms with Crippen LogP contribution in [-0.2, 0) is 25.7 Å². The minimum Gasteiger partial charge on any atom is -0.465 e. The second-order valence-electron chi connectivity index (χ2n) is 12.3. The van der Waals surface area contributed by atoms with E-state index in [2.05, 4.69) is 16.7 Å². The number of carboxylic acid groups (broad SMARTS) is 1. The van der Waals surface area contributed by atoms with Crippen LogP contribution in [0, 0.1) is 32.8 Å². The van der Waals surface area contributed by atoms with Gasteiger partial charge in [-0.2, -0.15) is 5.26 Å². The third-order valence-electron chi connectivity index (χ3n) is 8.67. The van der Waals surface area contributed by atoms with Gasteiger partial charge in [0.1, 0.15) is 5.37 Å². The zero-order valence-corrected chi connectivity index (χ0v) is 26.1. The number of amides is 1. The Hall–Kier alpha value is -3.61. The van der Waals surface area contributed by atoms with Crippen LogP contribution in [-0.4, -0.2) is 73.2 Å². The molecule has 0 spiro atoms. The smallest absolute Gasteiger partial charge is 0.404 e. The third-order valence-corrected chi connectivity index (χ3v) is 11.1. The first-order valence-electron chi connectivity index (χ1n) is 14.9. The first-order valence-corrected chi connectivity index (χ1v) is 16.5. The summed E-state index contributed by atoms with van der Waals surface area (Å²) in [5.41, 5.74) is -0.235. The maximum absolute atomic E-state index is 14.7. The van der Waals surface area contributed by atoms with Gasteiger partial charge in [-0.1, -0.05) is 50.2 Å². The van der Waals surface area contributed by atoms with Crippen LogP contribution in [0.3, 0.4) is 0 Å². The van der Waals surface area contributed by atoms with Crippen LogP contribution in [0.2, 0.25) is 0 Å². The van der Waals surface area contributed by atoms with Crippen LogP contribution in [0.4, 0.5) is 10.5 Å². The van der Waals surface area contributed by atoms with Gasteiger partial charge in [0.25, 0.3) is 5.69 Å². The lowest BCUT2D eigenvalue weighted by Gasteiger charge is -2.36. The first-order chi connectivity index (χ1) is 21.3. The van der Waals surface area contributed by atoms with Crippen molar-refractivity contribution in [2.45, 2.75) is 80.6 Å². The van der Waals surface area contributed by atoms with Gasteiger partial charge in [0.05, 0.1) is 41.2 Å². The van der Waals surface area contributed by atoms with Gasteiger partial charge >= 0.3 is 6.09 Å². The number of nitro benzene ring substituents is 1. The Labute approximate surface area is 262 Å². The fourth-order valence-corrected chi connectivity index (χ4v) is 8.70. The molecule has 244 valence electrons. The second-order valence-corrected chi connectivity index (χ2v) is 14.3. The summed E-state index contributed by atoms with van der Waals surface area (Å²) in [6.07, 6.45) is -1.44. The Kier molecular flexibility index (Phi) is 11.2. The van der Waals surface area contributed by atoms with Crippen molar-refractivity contribution in [1.82, 2.24) is 10.6 Å². The van der Waals surface area contributed by atoms with Crippen LogP contribution >= 0.6 is 0 Å². The Balaban J connectivity index is 1.71. The molecule has 1 unspecified atom stereocenters. The maximum atomic E-state index is 14.7. The number of ether oxygens (including phenoxy) is 2. The van der Waals surface area contributed by atoms with Crippen LogP contribution < -0.4 is 10.6 Å². The first kappa shape index (κ1) is 34.3. The predicted octanol–water partition coefficient (Wildman–Crippen LogP) is 3.72. The largest absolute Gasteiger partial charge is 0.465 e. The van der Waals surface area contributed by atoms with Crippen molar-refractivity contribution < 1.29 is 37.8 Å². The number of nitrogens with zero attached hydrogens (tertiary/aromatic N) is 2. The van der Waals surface area contributed by atoms with E-state index in [1.165, 1.54) is 12.1 Å². The van der Waals surface area contributed by atoms with Gasteiger partial charge in [-0.05, 0) is 42.2 Å². The summed E-state index contributed by atoms with van der Waals surface area (Å²) >= 11 is 0. The van der Waals surface area contributed by atoms with Crippen LogP contribution in [0.1, 0.15) is 56.6 Å². The number of carbonyl (C=O) groups is 1. The minimum absolute atomic E-state index is 0.113. The van der Waals surface area contributed by atoms with Crippen LogP contribution in [0.25, 0.3) is 0 Å². The number of hydrogen-bond donors (Lipinski definition) is 4. The van der Waals surface area contributed by atoms with E-state index in [0.29, 0.717) is 31.4 Å². The highest BCUT2D eigenvalue weighted by molar-refractivity contribution is 7.92. The third kappa shape index (κ3) is 8.16. The van der Waals surface area contributed by atoms with E-state index in [-0.39, 0.29) is 48.4 Å². The van der Waals surface area contributed by atoms with Crippen molar-refractivity contribution in [2.75, 3.05) is 19.8 Å². The van der Waals surface area contributed by atoms with Gasteiger partial charge in [0.2, 0.25) is 0 Å². The van der Waals surface area contributed by atoms with E-state index in [1.54, 1.807) is 38.1 Å². The maximum Gasteiger partial charge on any atom is 0.404 e. The van der Waals surface area contributed by atoms with Gasteiger partial charge in [0.15, 0.2) is 16.1 Å². The molecule has 2 aromatic carbocycles. The molecule has 4 rings (SSSR count). The molecule has 6 atom stereocenters.